The lowest BCUT2D eigenvalue weighted by Gasteiger charge is -2.11. The summed E-state index contributed by atoms with van der Waals surface area (Å²) in [6.45, 7) is 2.74. The Kier molecular flexibility index (Phi) is 5.52. The van der Waals surface area contributed by atoms with Gasteiger partial charge in [-0.3, -0.25) is 4.79 Å². The van der Waals surface area contributed by atoms with Crippen LogP contribution in [0.25, 0.3) is 6.08 Å². The lowest BCUT2D eigenvalue weighted by Crippen LogP contribution is -2.21. The molecular weight excluding hydrogens is 360 g/mol. The van der Waals surface area contributed by atoms with E-state index in [0.29, 0.717) is 17.9 Å². The van der Waals surface area contributed by atoms with E-state index in [2.05, 4.69) is 12.0 Å². The van der Waals surface area contributed by atoms with Gasteiger partial charge in [-0.25, -0.2) is 0 Å². The second-order valence-electron chi connectivity index (χ2n) is 6.75. The molecule has 1 aliphatic heterocycles. The van der Waals surface area contributed by atoms with Gasteiger partial charge in [0, 0.05) is 5.56 Å². The van der Waals surface area contributed by atoms with Crippen molar-refractivity contribution < 1.29 is 9.53 Å². The van der Waals surface area contributed by atoms with Gasteiger partial charge in [0.2, 0.25) is 0 Å². The van der Waals surface area contributed by atoms with Gasteiger partial charge in [-0.2, -0.15) is 10.1 Å². The van der Waals surface area contributed by atoms with Gasteiger partial charge in [-0.1, -0.05) is 67.6 Å². The van der Waals surface area contributed by atoms with Crippen LogP contribution in [0.3, 0.4) is 0 Å². The minimum atomic E-state index is -0.144. The van der Waals surface area contributed by atoms with E-state index in [-0.39, 0.29) is 5.91 Å². The van der Waals surface area contributed by atoms with Gasteiger partial charge < -0.3 is 4.74 Å². The predicted octanol–water partition coefficient (Wildman–Crippen LogP) is 5.31. The zero-order valence-electron chi connectivity index (χ0n) is 16.3. The summed E-state index contributed by atoms with van der Waals surface area (Å²) in [6, 6.07) is 27.0. The molecule has 4 heteroatoms. The van der Waals surface area contributed by atoms with E-state index in [1.165, 1.54) is 5.01 Å². The van der Waals surface area contributed by atoms with Gasteiger partial charge in [-0.15, -0.1) is 0 Å². The average molecular weight is 382 g/mol. The predicted molar refractivity (Wildman–Crippen MR) is 117 cm³/mol. The van der Waals surface area contributed by atoms with Gasteiger partial charge in [0.05, 0.1) is 17.9 Å². The molecule has 0 N–H and O–H groups in total. The number of anilines is 1. The van der Waals surface area contributed by atoms with Crippen molar-refractivity contribution in [1.29, 1.82) is 0 Å². The van der Waals surface area contributed by atoms with Crippen LogP contribution in [0.15, 0.2) is 95.6 Å². The molecular formula is C25H22N2O2. The van der Waals surface area contributed by atoms with E-state index in [4.69, 9.17) is 4.74 Å². The first-order valence-corrected chi connectivity index (χ1v) is 9.74. The summed E-state index contributed by atoms with van der Waals surface area (Å²) in [5, 5.41) is 6.12. The first kappa shape index (κ1) is 18.7. The number of ether oxygens (including phenoxy) is 1. The van der Waals surface area contributed by atoms with Crippen molar-refractivity contribution in [1.82, 2.24) is 0 Å². The minimum Gasteiger partial charge on any atom is -0.494 e. The normalized spacial score (nSPS) is 14.9. The molecule has 0 spiro atoms. The number of para-hydroxylation sites is 1. The van der Waals surface area contributed by atoms with Crippen molar-refractivity contribution in [2.24, 2.45) is 5.10 Å². The third-order valence-electron chi connectivity index (χ3n) is 4.57. The maximum atomic E-state index is 13.3. The van der Waals surface area contributed by atoms with Crippen LogP contribution in [0.2, 0.25) is 0 Å². The lowest BCUT2D eigenvalue weighted by atomic mass is 10.00. The van der Waals surface area contributed by atoms with E-state index in [9.17, 15) is 4.79 Å². The molecule has 1 amide bonds. The molecule has 0 aliphatic carbocycles. The van der Waals surface area contributed by atoms with E-state index in [1.807, 2.05) is 91.0 Å². The van der Waals surface area contributed by atoms with Crippen LogP contribution in [-0.4, -0.2) is 18.2 Å². The third-order valence-corrected chi connectivity index (χ3v) is 4.57. The molecule has 0 radical (unpaired) electrons. The van der Waals surface area contributed by atoms with E-state index in [1.54, 1.807) is 0 Å². The first-order valence-electron chi connectivity index (χ1n) is 9.74. The molecule has 3 aromatic carbocycles. The van der Waals surface area contributed by atoms with Crippen molar-refractivity contribution in [2.75, 3.05) is 11.6 Å². The highest BCUT2D eigenvalue weighted by Crippen LogP contribution is 2.28. The number of hydrogen-bond acceptors (Lipinski definition) is 3. The summed E-state index contributed by atoms with van der Waals surface area (Å²) in [5.74, 6) is 0.652. The Balaban J connectivity index is 1.75. The summed E-state index contributed by atoms with van der Waals surface area (Å²) >= 11 is 0. The third kappa shape index (κ3) is 4.11. The molecule has 0 bridgehead atoms. The summed E-state index contributed by atoms with van der Waals surface area (Å²) in [4.78, 5) is 13.3. The molecule has 0 atom stereocenters. The lowest BCUT2D eigenvalue weighted by molar-refractivity contribution is -0.114. The number of rotatable bonds is 6. The molecule has 1 aliphatic rings. The molecule has 4 rings (SSSR count). The van der Waals surface area contributed by atoms with Crippen LogP contribution in [-0.2, 0) is 4.79 Å². The fourth-order valence-electron chi connectivity index (χ4n) is 3.18. The Morgan fingerprint density at radius 3 is 2.38 bits per heavy atom. The second kappa shape index (κ2) is 8.57. The number of carbonyl (C=O) groups excluding carboxylic acids is 1. The monoisotopic (exact) mass is 382 g/mol. The smallest absolute Gasteiger partial charge is 0.281 e. The van der Waals surface area contributed by atoms with Crippen LogP contribution in [0, 0.1) is 0 Å². The molecule has 0 fully saturated rings. The molecule has 3 aromatic rings. The Bertz CT molecular complexity index is 1060. The minimum absolute atomic E-state index is 0.144. The van der Waals surface area contributed by atoms with E-state index >= 15 is 0 Å². The average Bonchev–Trinajstić information content (AvgIpc) is 3.10. The van der Waals surface area contributed by atoms with E-state index in [0.717, 1.165) is 29.0 Å². The van der Waals surface area contributed by atoms with Crippen LogP contribution < -0.4 is 9.75 Å². The second-order valence-corrected chi connectivity index (χ2v) is 6.75. The maximum absolute atomic E-state index is 13.3. The quantitative estimate of drug-likeness (QED) is 0.542. The van der Waals surface area contributed by atoms with Crippen molar-refractivity contribution in [2.45, 2.75) is 13.3 Å². The standard InChI is InChI=1S/C25H22N2O2/c1-2-16-29-22-15-9-10-19(17-22)18-23-24(20-11-5-3-6-12-20)26-27(25(23)28)21-13-7-4-8-14-21/h3-15,17-18H,2,16H2,1H3/b23-18+. The summed E-state index contributed by atoms with van der Waals surface area (Å²) < 4.78 is 5.73. The SMILES string of the molecule is CCCOc1cccc(/C=C2/C(=O)N(c3ccccc3)N=C2c2ccccc2)c1. The van der Waals surface area contributed by atoms with Gasteiger partial charge >= 0.3 is 0 Å². The first-order chi connectivity index (χ1) is 14.3. The van der Waals surface area contributed by atoms with Crippen LogP contribution in [0.5, 0.6) is 5.75 Å². The number of hydrogen-bond donors (Lipinski definition) is 0. The topological polar surface area (TPSA) is 41.9 Å². The molecule has 29 heavy (non-hydrogen) atoms. The van der Waals surface area contributed by atoms with E-state index < -0.39 is 0 Å². The molecule has 0 aromatic heterocycles. The largest absolute Gasteiger partial charge is 0.494 e. The van der Waals surface area contributed by atoms with Crippen LogP contribution >= 0.6 is 0 Å². The fraction of sp³-hybridized carbons (Fsp3) is 0.120. The molecule has 144 valence electrons. The van der Waals surface area contributed by atoms with Gasteiger partial charge in [0.25, 0.3) is 5.91 Å². The van der Waals surface area contributed by atoms with Crippen molar-refractivity contribution in [3.05, 3.63) is 102 Å². The molecule has 0 saturated heterocycles. The Morgan fingerprint density at radius 1 is 0.931 bits per heavy atom. The molecule has 0 unspecified atom stereocenters. The molecule has 4 nitrogen and oxygen atoms in total. The zero-order valence-corrected chi connectivity index (χ0v) is 16.3. The summed E-state index contributed by atoms with van der Waals surface area (Å²) in [6.07, 6.45) is 2.83. The zero-order chi connectivity index (χ0) is 20.1. The molecule has 0 saturated carbocycles. The maximum Gasteiger partial charge on any atom is 0.281 e. The summed E-state index contributed by atoms with van der Waals surface area (Å²) in [7, 11) is 0. The highest BCUT2D eigenvalue weighted by Gasteiger charge is 2.31. The highest BCUT2D eigenvalue weighted by molar-refractivity contribution is 6.37. The van der Waals surface area contributed by atoms with Gasteiger partial charge in [0.15, 0.2) is 0 Å². The van der Waals surface area contributed by atoms with Crippen molar-refractivity contribution >= 4 is 23.4 Å². The summed E-state index contributed by atoms with van der Waals surface area (Å²) in [5.41, 5.74) is 3.78. The van der Waals surface area contributed by atoms with Gasteiger partial charge in [-0.05, 0) is 42.3 Å². The number of nitrogens with zero attached hydrogens (tertiary/aromatic N) is 2. The number of carbonyl (C=O) groups is 1. The number of hydrazone groups is 1. The number of amides is 1. The Labute approximate surface area is 170 Å². The number of benzene rings is 3. The molecule has 1 heterocycles. The van der Waals surface area contributed by atoms with Gasteiger partial charge in [0.1, 0.15) is 11.5 Å². The Hall–Kier alpha value is -3.66. The Morgan fingerprint density at radius 2 is 1.66 bits per heavy atom. The van der Waals surface area contributed by atoms with Crippen molar-refractivity contribution in [3.8, 4) is 5.75 Å². The van der Waals surface area contributed by atoms with Crippen LogP contribution in [0.4, 0.5) is 5.69 Å². The van der Waals surface area contributed by atoms with Crippen LogP contribution in [0.1, 0.15) is 24.5 Å². The van der Waals surface area contributed by atoms with Crippen molar-refractivity contribution in [3.63, 3.8) is 0 Å². The fourth-order valence-corrected chi connectivity index (χ4v) is 3.18. The highest BCUT2D eigenvalue weighted by atomic mass is 16.5.